The fourth-order valence-corrected chi connectivity index (χ4v) is 2.43. The van der Waals surface area contributed by atoms with Gasteiger partial charge in [0.2, 0.25) is 0 Å². The Morgan fingerprint density at radius 1 is 1.33 bits per heavy atom. The number of aliphatic hydroxyl groups is 1. The molecule has 0 bridgehead atoms. The summed E-state index contributed by atoms with van der Waals surface area (Å²) in [4.78, 5) is 0. The second kappa shape index (κ2) is 3.52. The molecule has 0 aromatic heterocycles. The second-order valence-corrected chi connectivity index (χ2v) is 4.99. The average Bonchev–Trinajstić information content (AvgIpc) is 2.83. The highest BCUT2D eigenvalue weighted by Crippen LogP contribution is 2.52. The van der Waals surface area contributed by atoms with Crippen LogP contribution in [0.1, 0.15) is 25.3 Å². The zero-order chi connectivity index (χ0) is 11.2. The van der Waals surface area contributed by atoms with Crippen molar-refractivity contribution in [3.8, 4) is 0 Å². The third kappa shape index (κ3) is 1.70. The van der Waals surface area contributed by atoms with Crippen molar-refractivity contribution in [2.45, 2.75) is 31.3 Å². The molecular weight excluding hydrogens is 266 g/mol. The maximum Gasteiger partial charge on any atom is 0.131 e. The summed E-state index contributed by atoms with van der Waals surface area (Å²) in [7, 11) is 0. The molecule has 0 aliphatic heterocycles. The standard InChI is InChI=1S/C11H11BrF2O/c1-6(15)11(2-3-11)10-8(13)4-7(12)5-9(10)14/h4-6,15H,2-3H2,1H3. The third-order valence-corrected chi connectivity index (χ3v) is 3.55. The third-order valence-electron chi connectivity index (χ3n) is 3.09. The van der Waals surface area contributed by atoms with E-state index < -0.39 is 23.2 Å². The highest BCUT2D eigenvalue weighted by atomic mass is 79.9. The summed E-state index contributed by atoms with van der Waals surface area (Å²) >= 11 is 3.03. The molecular formula is C11H11BrF2O. The van der Waals surface area contributed by atoms with Gasteiger partial charge in [0.1, 0.15) is 11.6 Å². The first-order valence-corrected chi connectivity index (χ1v) is 5.60. The molecule has 1 fully saturated rings. The number of benzene rings is 1. The van der Waals surface area contributed by atoms with Crippen molar-refractivity contribution < 1.29 is 13.9 Å². The number of aliphatic hydroxyl groups excluding tert-OH is 1. The lowest BCUT2D eigenvalue weighted by Crippen LogP contribution is -2.25. The smallest absolute Gasteiger partial charge is 0.131 e. The van der Waals surface area contributed by atoms with E-state index in [0.29, 0.717) is 17.3 Å². The number of halogens is 3. The molecule has 1 atom stereocenters. The van der Waals surface area contributed by atoms with Gasteiger partial charge in [-0.05, 0) is 31.9 Å². The second-order valence-electron chi connectivity index (χ2n) is 4.08. The molecule has 0 amide bonds. The first-order chi connectivity index (χ1) is 6.97. The molecule has 0 heterocycles. The molecule has 0 saturated heterocycles. The van der Waals surface area contributed by atoms with E-state index in [4.69, 9.17) is 0 Å². The molecule has 2 rings (SSSR count). The van der Waals surface area contributed by atoms with Gasteiger partial charge in [0.25, 0.3) is 0 Å². The van der Waals surface area contributed by atoms with Crippen LogP contribution in [0.5, 0.6) is 0 Å². The number of rotatable bonds is 2. The van der Waals surface area contributed by atoms with Crippen molar-refractivity contribution in [1.29, 1.82) is 0 Å². The van der Waals surface area contributed by atoms with Crippen molar-refractivity contribution in [1.82, 2.24) is 0 Å². The van der Waals surface area contributed by atoms with E-state index in [1.807, 2.05) is 0 Å². The molecule has 1 aliphatic carbocycles. The highest BCUT2D eigenvalue weighted by Gasteiger charge is 2.51. The molecule has 1 aromatic rings. The fourth-order valence-electron chi connectivity index (χ4n) is 2.03. The lowest BCUT2D eigenvalue weighted by atomic mass is 9.90. The van der Waals surface area contributed by atoms with Crippen LogP contribution in [0.2, 0.25) is 0 Å². The largest absolute Gasteiger partial charge is 0.392 e. The Hall–Kier alpha value is -0.480. The van der Waals surface area contributed by atoms with Crippen LogP contribution in [0.15, 0.2) is 16.6 Å². The minimum absolute atomic E-state index is 0.0284. The first-order valence-electron chi connectivity index (χ1n) is 4.80. The van der Waals surface area contributed by atoms with Crippen LogP contribution in [-0.4, -0.2) is 11.2 Å². The summed E-state index contributed by atoms with van der Waals surface area (Å²) in [5, 5.41) is 9.57. The monoisotopic (exact) mass is 276 g/mol. The van der Waals surface area contributed by atoms with E-state index in [9.17, 15) is 13.9 Å². The predicted octanol–water partition coefficient (Wildman–Crippen LogP) is 3.14. The van der Waals surface area contributed by atoms with Gasteiger partial charge < -0.3 is 5.11 Å². The predicted molar refractivity (Wildman–Crippen MR) is 56.7 cm³/mol. The van der Waals surface area contributed by atoms with Gasteiger partial charge in [0, 0.05) is 15.5 Å². The minimum atomic E-state index is -0.720. The van der Waals surface area contributed by atoms with Crippen molar-refractivity contribution >= 4 is 15.9 Å². The molecule has 1 unspecified atom stereocenters. The van der Waals surface area contributed by atoms with Crippen LogP contribution in [0, 0.1) is 11.6 Å². The average molecular weight is 277 g/mol. The molecule has 1 saturated carbocycles. The zero-order valence-corrected chi connectivity index (χ0v) is 9.81. The first kappa shape index (κ1) is 11.0. The summed E-state index contributed by atoms with van der Waals surface area (Å²) in [5.74, 6) is -1.17. The Balaban J connectivity index is 2.54. The molecule has 1 nitrogen and oxygen atoms in total. The van der Waals surface area contributed by atoms with Crippen molar-refractivity contribution in [2.24, 2.45) is 0 Å². The van der Waals surface area contributed by atoms with Crippen LogP contribution in [-0.2, 0) is 5.41 Å². The summed E-state index contributed by atoms with van der Waals surface area (Å²) in [6.07, 6.45) is 0.558. The van der Waals surface area contributed by atoms with E-state index >= 15 is 0 Å². The van der Waals surface area contributed by atoms with Crippen molar-refractivity contribution in [2.75, 3.05) is 0 Å². The highest BCUT2D eigenvalue weighted by molar-refractivity contribution is 9.10. The Morgan fingerprint density at radius 3 is 2.13 bits per heavy atom. The fraction of sp³-hybridized carbons (Fsp3) is 0.455. The summed E-state index contributed by atoms with van der Waals surface area (Å²) < 4.78 is 27.6. The summed E-state index contributed by atoms with van der Waals surface area (Å²) in [6, 6.07) is 2.47. The SMILES string of the molecule is CC(O)C1(c2c(F)cc(Br)cc2F)CC1. The van der Waals surface area contributed by atoms with Gasteiger partial charge in [0.05, 0.1) is 6.10 Å². The topological polar surface area (TPSA) is 20.2 Å². The van der Waals surface area contributed by atoms with Gasteiger partial charge >= 0.3 is 0 Å². The van der Waals surface area contributed by atoms with Gasteiger partial charge in [-0.15, -0.1) is 0 Å². The van der Waals surface area contributed by atoms with Crippen LogP contribution in [0.3, 0.4) is 0 Å². The van der Waals surface area contributed by atoms with Gasteiger partial charge in [-0.2, -0.15) is 0 Å². The van der Waals surface area contributed by atoms with E-state index in [0.717, 1.165) is 0 Å². The van der Waals surface area contributed by atoms with E-state index in [1.165, 1.54) is 12.1 Å². The van der Waals surface area contributed by atoms with E-state index in [1.54, 1.807) is 6.92 Å². The lowest BCUT2D eigenvalue weighted by molar-refractivity contribution is 0.146. The van der Waals surface area contributed by atoms with E-state index in [2.05, 4.69) is 15.9 Å². The minimum Gasteiger partial charge on any atom is -0.392 e. The Kier molecular flexibility index (Phi) is 2.59. The zero-order valence-electron chi connectivity index (χ0n) is 8.23. The molecule has 4 heteroatoms. The van der Waals surface area contributed by atoms with Crippen LogP contribution in [0.4, 0.5) is 8.78 Å². The van der Waals surface area contributed by atoms with Gasteiger partial charge in [-0.1, -0.05) is 15.9 Å². The maximum atomic E-state index is 13.6. The van der Waals surface area contributed by atoms with Crippen LogP contribution in [0.25, 0.3) is 0 Å². The molecule has 0 spiro atoms. The molecule has 1 aliphatic rings. The summed E-state index contributed by atoms with van der Waals surface area (Å²) in [6.45, 7) is 1.58. The van der Waals surface area contributed by atoms with Crippen molar-refractivity contribution in [3.63, 3.8) is 0 Å². The Bertz CT molecular complexity index is 377. The number of hydrogen-bond donors (Lipinski definition) is 1. The van der Waals surface area contributed by atoms with Gasteiger partial charge in [-0.25, -0.2) is 8.78 Å². The normalized spacial score (nSPS) is 20.1. The maximum absolute atomic E-state index is 13.6. The van der Waals surface area contributed by atoms with Gasteiger partial charge in [0.15, 0.2) is 0 Å². The molecule has 1 N–H and O–H groups in total. The molecule has 15 heavy (non-hydrogen) atoms. The van der Waals surface area contributed by atoms with Crippen molar-refractivity contribution in [3.05, 3.63) is 33.8 Å². The van der Waals surface area contributed by atoms with E-state index in [-0.39, 0.29) is 5.56 Å². The van der Waals surface area contributed by atoms with Crippen LogP contribution < -0.4 is 0 Å². The lowest BCUT2D eigenvalue weighted by Gasteiger charge is -2.20. The quantitative estimate of drug-likeness (QED) is 0.880. The Labute approximate surface area is 95.2 Å². The van der Waals surface area contributed by atoms with Crippen LogP contribution >= 0.6 is 15.9 Å². The number of hydrogen-bond acceptors (Lipinski definition) is 1. The molecule has 0 radical (unpaired) electrons. The molecule has 82 valence electrons. The van der Waals surface area contributed by atoms with Gasteiger partial charge in [-0.3, -0.25) is 0 Å². The molecule has 1 aromatic carbocycles. The summed E-state index contributed by atoms with van der Waals surface area (Å²) in [5.41, 5.74) is -0.671. The Morgan fingerprint density at radius 2 is 1.80 bits per heavy atom.